The van der Waals surface area contributed by atoms with Crippen LogP contribution in [0.2, 0.25) is 0 Å². The predicted octanol–water partition coefficient (Wildman–Crippen LogP) is 0.559. The lowest BCUT2D eigenvalue weighted by atomic mass is 10.1. The van der Waals surface area contributed by atoms with Crippen molar-refractivity contribution in [2.75, 3.05) is 11.9 Å². The number of fused-ring (bicyclic) bond motifs is 1. The molecule has 8 heteroatoms. The van der Waals surface area contributed by atoms with Crippen molar-refractivity contribution in [3.8, 4) is 5.75 Å². The molecule has 0 atom stereocenters. The molecule has 1 aromatic heterocycles. The fraction of sp³-hybridized carbons (Fsp3) is 0.286. The molecular weight excluding hydrogens is 286 g/mol. The van der Waals surface area contributed by atoms with Crippen LogP contribution in [0, 0.1) is 0 Å². The number of rotatable bonds is 4. The molecule has 1 aromatic carbocycles. The Bertz CT molecular complexity index is 725. The molecule has 0 saturated carbocycles. The Hall–Kier alpha value is -2.90. The normalized spacial score (nSPS) is 13.0. The van der Waals surface area contributed by atoms with Gasteiger partial charge in [-0.05, 0) is 25.1 Å². The Morgan fingerprint density at radius 2 is 2.36 bits per heavy atom. The Kier molecular flexibility index (Phi) is 3.73. The summed E-state index contributed by atoms with van der Waals surface area (Å²) in [5.41, 5.74) is 1.02. The molecule has 0 fully saturated rings. The van der Waals surface area contributed by atoms with E-state index in [9.17, 15) is 9.59 Å². The minimum Gasteiger partial charge on any atom is -0.482 e. The zero-order valence-corrected chi connectivity index (χ0v) is 12.0. The zero-order valence-electron chi connectivity index (χ0n) is 12.0. The van der Waals surface area contributed by atoms with E-state index in [0.29, 0.717) is 29.4 Å². The summed E-state index contributed by atoms with van der Waals surface area (Å²) in [7, 11) is 0. The molecule has 3 rings (SSSR count). The molecule has 0 unspecified atom stereocenters. The monoisotopic (exact) mass is 301 g/mol. The van der Waals surface area contributed by atoms with Crippen LogP contribution in [0.4, 0.5) is 5.69 Å². The zero-order chi connectivity index (χ0) is 15.5. The van der Waals surface area contributed by atoms with Crippen molar-refractivity contribution >= 4 is 17.5 Å². The van der Waals surface area contributed by atoms with Crippen LogP contribution in [0.1, 0.15) is 23.1 Å². The average molecular weight is 301 g/mol. The standard InChI is InChI=1S/C14H15N5O3/c1-2-19-8-16-18-12(19)6-15-14(21)9-3-4-10-11(5-9)22-7-13(20)17-10/h3-5,8H,2,6-7H2,1H3,(H,15,21)(H,17,20). The number of carbonyl (C=O) groups is 2. The average Bonchev–Trinajstić information content (AvgIpc) is 2.99. The molecule has 2 aromatic rings. The maximum atomic E-state index is 12.2. The predicted molar refractivity (Wildman–Crippen MR) is 77.4 cm³/mol. The van der Waals surface area contributed by atoms with Gasteiger partial charge < -0.3 is 19.9 Å². The van der Waals surface area contributed by atoms with E-state index in [-0.39, 0.29) is 18.4 Å². The minimum absolute atomic E-state index is 0.0440. The number of aromatic nitrogens is 3. The molecule has 22 heavy (non-hydrogen) atoms. The topological polar surface area (TPSA) is 98.1 Å². The third-order valence-corrected chi connectivity index (χ3v) is 3.32. The van der Waals surface area contributed by atoms with Gasteiger partial charge in [-0.3, -0.25) is 9.59 Å². The van der Waals surface area contributed by atoms with E-state index in [1.165, 1.54) is 0 Å². The van der Waals surface area contributed by atoms with Crippen LogP contribution in [-0.4, -0.2) is 33.2 Å². The van der Waals surface area contributed by atoms with Gasteiger partial charge in [-0.25, -0.2) is 0 Å². The fourth-order valence-corrected chi connectivity index (χ4v) is 2.16. The van der Waals surface area contributed by atoms with Gasteiger partial charge in [0.15, 0.2) is 12.4 Å². The van der Waals surface area contributed by atoms with Gasteiger partial charge in [0.1, 0.15) is 12.1 Å². The molecule has 0 radical (unpaired) electrons. The lowest BCUT2D eigenvalue weighted by molar-refractivity contribution is -0.118. The molecular formula is C14H15N5O3. The van der Waals surface area contributed by atoms with Crippen LogP contribution in [0.3, 0.4) is 0 Å². The molecule has 0 aliphatic carbocycles. The Labute approximate surface area is 126 Å². The quantitative estimate of drug-likeness (QED) is 0.860. The van der Waals surface area contributed by atoms with Crippen LogP contribution in [0.25, 0.3) is 0 Å². The highest BCUT2D eigenvalue weighted by Gasteiger charge is 2.18. The highest BCUT2D eigenvalue weighted by molar-refractivity contribution is 5.98. The first-order valence-corrected chi connectivity index (χ1v) is 6.89. The van der Waals surface area contributed by atoms with Gasteiger partial charge in [0.05, 0.1) is 12.2 Å². The van der Waals surface area contributed by atoms with Crippen molar-refractivity contribution in [2.45, 2.75) is 20.0 Å². The SMILES string of the molecule is CCn1cnnc1CNC(=O)c1ccc2c(c1)OCC(=O)N2. The first kappa shape index (κ1) is 14.1. The summed E-state index contributed by atoms with van der Waals surface area (Å²) in [6, 6.07) is 4.89. The van der Waals surface area contributed by atoms with Crippen molar-refractivity contribution in [2.24, 2.45) is 0 Å². The molecule has 0 saturated heterocycles. The number of nitrogens with one attached hydrogen (secondary N) is 2. The van der Waals surface area contributed by atoms with Gasteiger partial charge in [-0.1, -0.05) is 0 Å². The first-order chi connectivity index (χ1) is 10.7. The van der Waals surface area contributed by atoms with Crippen molar-refractivity contribution < 1.29 is 14.3 Å². The molecule has 1 aliphatic rings. The molecule has 0 spiro atoms. The molecule has 2 amide bonds. The Morgan fingerprint density at radius 1 is 1.50 bits per heavy atom. The number of carbonyl (C=O) groups excluding carboxylic acids is 2. The van der Waals surface area contributed by atoms with Crippen LogP contribution in [0.5, 0.6) is 5.75 Å². The van der Waals surface area contributed by atoms with E-state index in [0.717, 1.165) is 6.54 Å². The summed E-state index contributed by atoms with van der Waals surface area (Å²) < 4.78 is 7.15. The number of ether oxygens (including phenoxy) is 1. The van der Waals surface area contributed by atoms with Crippen molar-refractivity contribution in [3.05, 3.63) is 35.9 Å². The summed E-state index contributed by atoms with van der Waals surface area (Å²) in [4.78, 5) is 23.4. The summed E-state index contributed by atoms with van der Waals surface area (Å²) in [6.45, 7) is 2.97. The number of hydrogen-bond donors (Lipinski definition) is 2. The van der Waals surface area contributed by atoms with Crippen molar-refractivity contribution in [3.63, 3.8) is 0 Å². The van der Waals surface area contributed by atoms with E-state index < -0.39 is 0 Å². The van der Waals surface area contributed by atoms with E-state index in [1.54, 1.807) is 24.5 Å². The molecule has 0 bridgehead atoms. The third kappa shape index (κ3) is 2.76. The van der Waals surface area contributed by atoms with Crippen molar-refractivity contribution in [1.82, 2.24) is 20.1 Å². The van der Waals surface area contributed by atoms with Crippen LogP contribution in [-0.2, 0) is 17.9 Å². The number of hydrogen-bond acceptors (Lipinski definition) is 5. The molecule has 8 nitrogen and oxygen atoms in total. The van der Waals surface area contributed by atoms with Gasteiger partial charge in [0.2, 0.25) is 0 Å². The number of aryl methyl sites for hydroxylation is 1. The maximum absolute atomic E-state index is 12.2. The summed E-state index contributed by atoms with van der Waals surface area (Å²) in [5, 5.41) is 13.2. The van der Waals surface area contributed by atoms with Gasteiger partial charge in [0.25, 0.3) is 11.8 Å². The highest BCUT2D eigenvalue weighted by Crippen LogP contribution is 2.28. The highest BCUT2D eigenvalue weighted by atomic mass is 16.5. The van der Waals surface area contributed by atoms with E-state index in [1.807, 2.05) is 11.5 Å². The molecule has 2 heterocycles. The van der Waals surface area contributed by atoms with Gasteiger partial charge >= 0.3 is 0 Å². The fourth-order valence-electron chi connectivity index (χ4n) is 2.16. The minimum atomic E-state index is -0.242. The summed E-state index contributed by atoms with van der Waals surface area (Å²) in [5.74, 6) is 0.735. The van der Waals surface area contributed by atoms with E-state index in [4.69, 9.17) is 4.74 Å². The lowest BCUT2D eigenvalue weighted by Crippen LogP contribution is -2.27. The summed E-state index contributed by atoms with van der Waals surface area (Å²) in [6.07, 6.45) is 1.62. The lowest BCUT2D eigenvalue weighted by Gasteiger charge is -2.18. The second-order valence-corrected chi connectivity index (χ2v) is 4.76. The van der Waals surface area contributed by atoms with E-state index >= 15 is 0 Å². The second kappa shape index (κ2) is 5.84. The molecule has 2 N–H and O–H groups in total. The van der Waals surface area contributed by atoms with Crippen LogP contribution < -0.4 is 15.4 Å². The molecule has 114 valence electrons. The van der Waals surface area contributed by atoms with Gasteiger partial charge in [-0.2, -0.15) is 0 Å². The largest absolute Gasteiger partial charge is 0.482 e. The van der Waals surface area contributed by atoms with E-state index in [2.05, 4.69) is 20.8 Å². The van der Waals surface area contributed by atoms with Gasteiger partial charge in [0, 0.05) is 12.1 Å². The second-order valence-electron chi connectivity index (χ2n) is 4.76. The number of amides is 2. The number of benzene rings is 1. The number of anilines is 1. The molecule has 1 aliphatic heterocycles. The van der Waals surface area contributed by atoms with Crippen LogP contribution >= 0.6 is 0 Å². The number of nitrogens with zero attached hydrogens (tertiary/aromatic N) is 3. The van der Waals surface area contributed by atoms with Gasteiger partial charge in [-0.15, -0.1) is 10.2 Å². The summed E-state index contributed by atoms with van der Waals surface area (Å²) >= 11 is 0. The Balaban J connectivity index is 1.69. The van der Waals surface area contributed by atoms with Crippen molar-refractivity contribution in [1.29, 1.82) is 0 Å². The maximum Gasteiger partial charge on any atom is 0.262 e. The Morgan fingerprint density at radius 3 is 3.18 bits per heavy atom. The third-order valence-electron chi connectivity index (χ3n) is 3.32. The smallest absolute Gasteiger partial charge is 0.262 e. The van der Waals surface area contributed by atoms with Crippen LogP contribution in [0.15, 0.2) is 24.5 Å². The first-order valence-electron chi connectivity index (χ1n) is 6.89.